The molecule has 0 atom stereocenters. The van der Waals surface area contributed by atoms with Crippen LogP contribution in [0.5, 0.6) is 0 Å². The fourth-order valence-corrected chi connectivity index (χ4v) is 1.81. The van der Waals surface area contributed by atoms with Gasteiger partial charge in [-0.3, -0.25) is 4.79 Å². The van der Waals surface area contributed by atoms with Crippen LogP contribution in [0.15, 0.2) is 17.8 Å². The number of carbonyl (C=O) groups excluding carboxylic acids is 2. The van der Waals surface area contributed by atoms with Crippen molar-refractivity contribution in [1.29, 1.82) is 0 Å². The summed E-state index contributed by atoms with van der Waals surface area (Å²) in [5.41, 5.74) is -0.861. The molecule has 0 saturated carbocycles. The molecule has 0 unspecified atom stereocenters. The van der Waals surface area contributed by atoms with Gasteiger partial charge in [0.15, 0.2) is 0 Å². The molecule has 0 saturated heterocycles. The van der Waals surface area contributed by atoms with Crippen LogP contribution in [0.1, 0.15) is 24.2 Å². The van der Waals surface area contributed by atoms with Gasteiger partial charge in [-0.25, -0.2) is 4.79 Å². The van der Waals surface area contributed by atoms with Crippen LogP contribution < -0.4 is 5.32 Å². The van der Waals surface area contributed by atoms with Crippen molar-refractivity contribution >= 4 is 34.3 Å². The molecule has 1 rings (SSSR count). The van der Waals surface area contributed by atoms with Gasteiger partial charge in [-0.15, -0.1) is 0 Å². The fourth-order valence-electron chi connectivity index (χ4n) is 1.38. The summed E-state index contributed by atoms with van der Waals surface area (Å²) in [6, 6.07) is 1.000. The number of Topliss-reactive ketones (excluding diaryl/α,β-unsaturated/α-hetero) is 1. The summed E-state index contributed by atoms with van der Waals surface area (Å²) in [4.78, 5) is 27.0. The summed E-state index contributed by atoms with van der Waals surface area (Å²) < 4.78 is 31.5. The highest BCUT2D eigenvalue weighted by Gasteiger charge is 2.25. The first-order valence-electron chi connectivity index (χ1n) is 6.09. The number of nitrogens with zero attached hydrogens (tertiary/aromatic N) is 1. The Hall–Kier alpha value is -1.58. The second-order valence-corrected chi connectivity index (χ2v) is 4.93. The normalized spacial score (nSPS) is 11.2. The average molecular weight is 410 g/mol. The quantitative estimate of drug-likeness (QED) is 0.148. The Balaban J connectivity index is 3.23. The van der Waals surface area contributed by atoms with Crippen molar-refractivity contribution in [3.63, 3.8) is 0 Å². The van der Waals surface area contributed by atoms with Crippen LogP contribution in [-0.4, -0.2) is 29.9 Å². The summed E-state index contributed by atoms with van der Waals surface area (Å²) in [6.07, 6.45) is 1.15. The average Bonchev–Trinajstić information content (AvgIpc) is 2.43. The van der Waals surface area contributed by atoms with Crippen LogP contribution in [0.4, 0.5) is 8.78 Å². The van der Waals surface area contributed by atoms with Crippen LogP contribution in [-0.2, 0) is 9.53 Å². The molecule has 8 heteroatoms. The van der Waals surface area contributed by atoms with Crippen LogP contribution in [0.3, 0.4) is 0 Å². The maximum Gasteiger partial charge on any atom is 0.343 e. The van der Waals surface area contributed by atoms with Crippen molar-refractivity contribution in [3.05, 3.63) is 38.9 Å². The second-order valence-electron chi connectivity index (χ2n) is 3.76. The van der Waals surface area contributed by atoms with E-state index in [2.05, 4.69) is 10.3 Å². The molecule has 0 spiro atoms. The third-order valence-electron chi connectivity index (χ3n) is 2.32. The summed E-state index contributed by atoms with van der Waals surface area (Å²) in [7, 11) is 0. The first-order valence-corrected chi connectivity index (χ1v) is 7.17. The predicted octanol–water partition coefficient (Wildman–Crippen LogP) is 2.20. The minimum atomic E-state index is -1.27. The minimum Gasteiger partial charge on any atom is -0.462 e. The molecule has 0 radical (unpaired) electrons. The summed E-state index contributed by atoms with van der Waals surface area (Å²) in [6.45, 7) is 3.86. The first-order chi connectivity index (χ1) is 9.92. The van der Waals surface area contributed by atoms with Gasteiger partial charge in [0.25, 0.3) is 0 Å². The number of nitrogens with one attached hydrogen (secondary N) is 1. The molecule has 0 bridgehead atoms. The number of carbonyl (C=O) groups is 2. The van der Waals surface area contributed by atoms with E-state index < -0.39 is 29.2 Å². The van der Waals surface area contributed by atoms with E-state index in [1.165, 1.54) is 0 Å². The van der Waals surface area contributed by atoms with E-state index in [4.69, 9.17) is 4.74 Å². The Kier molecular flexibility index (Phi) is 6.66. The number of ether oxygens (including phenoxy) is 1. The number of ketones is 1. The molecule has 1 aromatic heterocycles. The summed E-state index contributed by atoms with van der Waals surface area (Å²) >= 11 is 1.58. The maximum absolute atomic E-state index is 13.6. The number of halogens is 3. The van der Waals surface area contributed by atoms with Crippen LogP contribution in [0, 0.1) is 15.5 Å². The molecule has 1 N–H and O–H groups in total. The Morgan fingerprint density at radius 2 is 2.05 bits per heavy atom. The smallest absolute Gasteiger partial charge is 0.343 e. The highest BCUT2D eigenvalue weighted by molar-refractivity contribution is 14.1. The number of hydrogen-bond donors (Lipinski definition) is 1. The topological polar surface area (TPSA) is 68.3 Å². The van der Waals surface area contributed by atoms with Crippen LogP contribution in [0.2, 0.25) is 0 Å². The van der Waals surface area contributed by atoms with Gasteiger partial charge in [0.2, 0.25) is 17.7 Å². The van der Waals surface area contributed by atoms with Gasteiger partial charge in [0, 0.05) is 12.7 Å². The van der Waals surface area contributed by atoms with Gasteiger partial charge in [0.1, 0.15) is 5.57 Å². The molecule has 0 aliphatic rings. The molecule has 0 fully saturated rings. The molecule has 0 aromatic carbocycles. The minimum absolute atomic E-state index is 0.0241. The number of hydrogen-bond acceptors (Lipinski definition) is 5. The van der Waals surface area contributed by atoms with Gasteiger partial charge < -0.3 is 10.1 Å². The summed E-state index contributed by atoms with van der Waals surface area (Å²) in [5.74, 6) is -4.10. The van der Waals surface area contributed by atoms with Crippen molar-refractivity contribution in [2.24, 2.45) is 0 Å². The fraction of sp³-hybridized carbons (Fsp3) is 0.308. The zero-order valence-corrected chi connectivity index (χ0v) is 13.5. The van der Waals surface area contributed by atoms with E-state index in [1.54, 1.807) is 36.4 Å². The number of aromatic nitrogens is 1. The largest absolute Gasteiger partial charge is 0.462 e. The zero-order valence-electron chi connectivity index (χ0n) is 11.4. The Labute approximate surface area is 133 Å². The predicted molar refractivity (Wildman–Crippen MR) is 79.6 cm³/mol. The van der Waals surface area contributed by atoms with Crippen molar-refractivity contribution in [3.8, 4) is 0 Å². The Morgan fingerprint density at radius 3 is 2.62 bits per heavy atom. The lowest BCUT2D eigenvalue weighted by atomic mass is 10.1. The van der Waals surface area contributed by atoms with Gasteiger partial charge in [-0.1, -0.05) is 0 Å². The molecule has 0 aliphatic heterocycles. The lowest BCUT2D eigenvalue weighted by Crippen LogP contribution is -2.21. The molecule has 114 valence electrons. The van der Waals surface area contributed by atoms with E-state index in [0.29, 0.717) is 6.54 Å². The third kappa shape index (κ3) is 4.45. The van der Waals surface area contributed by atoms with E-state index in [0.717, 1.165) is 12.3 Å². The molecular formula is C13H13F2IN2O3. The molecular weight excluding hydrogens is 397 g/mol. The highest BCUT2D eigenvalue weighted by atomic mass is 127. The van der Waals surface area contributed by atoms with Gasteiger partial charge >= 0.3 is 5.97 Å². The van der Waals surface area contributed by atoms with Crippen LogP contribution in [0.25, 0.3) is 0 Å². The lowest BCUT2D eigenvalue weighted by Gasteiger charge is -2.08. The van der Waals surface area contributed by atoms with Gasteiger partial charge in [0.05, 0.1) is 15.7 Å². The first kappa shape index (κ1) is 17.5. The summed E-state index contributed by atoms with van der Waals surface area (Å²) in [5, 5.41) is 2.68. The maximum atomic E-state index is 13.6. The number of rotatable bonds is 6. The molecule has 21 heavy (non-hydrogen) atoms. The van der Waals surface area contributed by atoms with Crippen molar-refractivity contribution in [2.75, 3.05) is 13.2 Å². The van der Waals surface area contributed by atoms with Gasteiger partial charge in [-0.05, 0) is 42.5 Å². The highest BCUT2D eigenvalue weighted by Crippen LogP contribution is 2.17. The van der Waals surface area contributed by atoms with Gasteiger partial charge in [-0.2, -0.15) is 13.8 Å². The lowest BCUT2D eigenvalue weighted by molar-refractivity contribution is -0.138. The molecule has 0 aliphatic carbocycles. The van der Waals surface area contributed by atoms with E-state index in [9.17, 15) is 18.4 Å². The zero-order chi connectivity index (χ0) is 16.0. The molecule has 5 nitrogen and oxygen atoms in total. The van der Waals surface area contributed by atoms with E-state index in [1.807, 2.05) is 0 Å². The van der Waals surface area contributed by atoms with Crippen molar-refractivity contribution in [2.45, 2.75) is 13.8 Å². The van der Waals surface area contributed by atoms with E-state index >= 15 is 0 Å². The van der Waals surface area contributed by atoms with Crippen molar-refractivity contribution in [1.82, 2.24) is 10.3 Å². The van der Waals surface area contributed by atoms with E-state index in [-0.39, 0.29) is 15.8 Å². The Bertz CT molecular complexity index is 591. The Morgan fingerprint density at radius 1 is 1.38 bits per heavy atom. The third-order valence-corrected chi connectivity index (χ3v) is 3.08. The van der Waals surface area contributed by atoms with Crippen LogP contribution >= 0.6 is 22.6 Å². The van der Waals surface area contributed by atoms with Crippen molar-refractivity contribution < 1.29 is 23.1 Å². The second kappa shape index (κ2) is 8.01. The molecule has 0 amide bonds. The number of esters is 1. The monoisotopic (exact) mass is 410 g/mol. The SMILES string of the molecule is CCNC=C(C(=O)OCC)C(=O)c1cc(I)c(F)nc1F. The molecule has 1 heterocycles. The standard InChI is InChI=1S/C13H13F2IN2O3/c1-3-17-6-8(13(20)21-4-2)10(19)7-5-9(16)12(15)18-11(7)14/h5-6,17H,3-4H2,1-2H3. The molecule has 1 aromatic rings. The number of pyridine rings is 1.